The van der Waals surface area contributed by atoms with Gasteiger partial charge in [0.15, 0.2) is 5.75 Å². The first-order valence-electron chi connectivity index (χ1n) is 11.3. The zero-order valence-electron chi connectivity index (χ0n) is 19.4. The van der Waals surface area contributed by atoms with E-state index in [0.29, 0.717) is 29.8 Å². The van der Waals surface area contributed by atoms with Crippen molar-refractivity contribution in [3.63, 3.8) is 0 Å². The second-order valence-electron chi connectivity index (χ2n) is 8.10. The summed E-state index contributed by atoms with van der Waals surface area (Å²) in [6.45, 7) is 4.62. The van der Waals surface area contributed by atoms with Crippen molar-refractivity contribution >= 4 is 49.4 Å². The van der Waals surface area contributed by atoms with E-state index in [1.54, 1.807) is 19.1 Å². The molecule has 0 unspecified atom stereocenters. The van der Waals surface area contributed by atoms with Crippen molar-refractivity contribution in [2.75, 3.05) is 42.5 Å². The third-order valence-electron chi connectivity index (χ3n) is 5.84. The number of morpholine rings is 1. The minimum Gasteiger partial charge on any atom is -0.434 e. The van der Waals surface area contributed by atoms with Gasteiger partial charge < -0.3 is 29.1 Å². The van der Waals surface area contributed by atoms with E-state index in [0.717, 1.165) is 18.8 Å². The number of carbonyl (C=O) groups excluding carboxylic acids is 1. The quantitative estimate of drug-likeness (QED) is 0.334. The van der Waals surface area contributed by atoms with Gasteiger partial charge in [-0.3, -0.25) is 9.52 Å². The number of sulfonamides is 1. The van der Waals surface area contributed by atoms with Gasteiger partial charge in [0.25, 0.3) is 15.6 Å². The molecule has 1 aliphatic rings. The van der Waals surface area contributed by atoms with Gasteiger partial charge in [-0.05, 0) is 49.4 Å². The number of ether oxygens (including phenoxy) is 3. The van der Waals surface area contributed by atoms with E-state index >= 15 is 0 Å². The largest absolute Gasteiger partial charge is 0.513 e. The van der Waals surface area contributed by atoms with E-state index in [4.69, 9.17) is 14.2 Å². The first-order chi connectivity index (χ1) is 17.4. The molecule has 2 aromatic heterocycles. The molecule has 0 atom stereocenters. The maximum absolute atomic E-state index is 13.2. The summed E-state index contributed by atoms with van der Waals surface area (Å²) in [5.74, 6) is 0.0563. The minimum absolute atomic E-state index is 0.0242. The fourth-order valence-electron chi connectivity index (χ4n) is 4.14. The Morgan fingerprint density at radius 2 is 1.89 bits per heavy atom. The summed E-state index contributed by atoms with van der Waals surface area (Å²) in [7, 11) is -3.97. The van der Waals surface area contributed by atoms with Crippen molar-refractivity contribution in [1.29, 1.82) is 0 Å². The van der Waals surface area contributed by atoms with Crippen LogP contribution in [0, 0.1) is 0 Å². The van der Waals surface area contributed by atoms with Crippen LogP contribution >= 0.6 is 0 Å². The number of nitrogens with zero attached hydrogens (tertiary/aromatic N) is 1. The lowest BCUT2D eigenvalue weighted by Crippen LogP contribution is -2.36. The van der Waals surface area contributed by atoms with Crippen molar-refractivity contribution in [3.8, 4) is 5.75 Å². The van der Waals surface area contributed by atoms with E-state index in [-0.39, 0.29) is 28.2 Å². The summed E-state index contributed by atoms with van der Waals surface area (Å²) < 4.78 is 44.4. The highest BCUT2D eigenvalue weighted by atomic mass is 32.2. The molecule has 12 heteroatoms. The normalized spacial score (nSPS) is 14.2. The van der Waals surface area contributed by atoms with Crippen LogP contribution < -0.4 is 19.9 Å². The van der Waals surface area contributed by atoms with Crippen LogP contribution in [0.3, 0.4) is 0 Å². The molecule has 2 aromatic carbocycles. The summed E-state index contributed by atoms with van der Waals surface area (Å²) in [5, 5.41) is 0.657. The molecular formula is C24H24N4O7S. The highest BCUT2D eigenvalue weighted by Gasteiger charge is 2.20. The average Bonchev–Trinajstić information content (AvgIpc) is 3.29. The number of hydrogen-bond acceptors (Lipinski definition) is 8. The molecule has 4 aromatic rings. The number of fused-ring (bicyclic) bond motifs is 3. The van der Waals surface area contributed by atoms with Crippen LogP contribution in [0.15, 0.2) is 58.4 Å². The molecule has 1 saturated heterocycles. The molecule has 3 N–H and O–H groups in total. The van der Waals surface area contributed by atoms with Crippen molar-refractivity contribution in [3.05, 3.63) is 59.0 Å². The Hall–Kier alpha value is -4.03. The number of benzene rings is 2. The molecule has 188 valence electrons. The Kier molecular flexibility index (Phi) is 6.29. The van der Waals surface area contributed by atoms with E-state index in [1.807, 2.05) is 12.1 Å². The predicted octanol–water partition coefficient (Wildman–Crippen LogP) is 3.18. The molecule has 11 nitrogen and oxygen atoms in total. The van der Waals surface area contributed by atoms with Gasteiger partial charge in [0, 0.05) is 41.6 Å². The molecule has 0 spiro atoms. The average molecular weight is 513 g/mol. The second-order valence-corrected chi connectivity index (χ2v) is 9.78. The van der Waals surface area contributed by atoms with E-state index in [2.05, 4.69) is 19.6 Å². The van der Waals surface area contributed by atoms with E-state index < -0.39 is 21.7 Å². The van der Waals surface area contributed by atoms with Gasteiger partial charge in [0.2, 0.25) is 0 Å². The summed E-state index contributed by atoms with van der Waals surface area (Å²) >= 11 is 0. The fourth-order valence-corrected chi connectivity index (χ4v) is 5.22. The van der Waals surface area contributed by atoms with Crippen LogP contribution in [0.1, 0.15) is 6.92 Å². The van der Waals surface area contributed by atoms with Gasteiger partial charge in [-0.15, -0.1) is 0 Å². The number of nitrogens with one attached hydrogen (secondary N) is 3. The molecule has 5 rings (SSSR count). The van der Waals surface area contributed by atoms with Crippen LogP contribution in [0.25, 0.3) is 21.8 Å². The van der Waals surface area contributed by atoms with Gasteiger partial charge in [0.05, 0.1) is 30.1 Å². The number of anilines is 2. The number of hydrogen-bond donors (Lipinski definition) is 3. The van der Waals surface area contributed by atoms with E-state index in [1.165, 1.54) is 24.4 Å². The molecule has 1 aliphatic heterocycles. The highest BCUT2D eigenvalue weighted by molar-refractivity contribution is 7.92. The lowest BCUT2D eigenvalue weighted by molar-refractivity contribution is 0.105. The lowest BCUT2D eigenvalue weighted by atomic mass is 10.1. The van der Waals surface area contributed by atoms with Crippen molar-refractivity contribution in [2.45, 2.75) is 11.8 Å². The molecule has 0 aliphatic carbocycles. The zero-order chi connectivity index (χ0) is 25.3. The maximum Gasteiger partial charge on any atom is 0.513 e. The Bertz CT molecular complexity index is 1590. The molecule has 0 radical (unpaired) electrons. The van der Waals surface area contributed by atoms with Gasteiger partial charge in [-0.25, -0.2) is 13.2 Å². The molecule has 0 bridgehead atoms. The highest BCUT2D eigenvalue weighted by Crippen LogP contribution is 2.32. The standard InChI is InChI=1S/C24H24N4O7S/c1-2-34-24(30)35-20-14-25-22-21(20)18-13-17(7-8-19(18)26-23(22)29)36(31,32)27-15-3-5-16(6-4-15)28-9-11-33-12-10-28/h3-8,13-14,25,27H,2,9-12H2,1H3,(H,26,29). The van der Waals surface area contributed by atoms with Gasteiger partial charge in [0.1, 0.15) is 5.52 Å². The topological polar surface area (TPSA) is 143 Å². The molecule has 1 fully saturated rings. The molecule has 0 amide bonds. The second kappa shape index (κ2) is 9.55. The number of carbonyl (C=O) groups is 1. The van der Waals surface area contributed by atoms with Crippen LogP contribution in [0.4, 0.5) is 16.2 Å². The number of aromatic nitrogens is 2. The predicted molar refractivity (Wildman–Crippen MR) is 134 cm³/mol. The van der Waals surface area contributed by atoms with Gasteiger partial charge in [-0.1, -0.05) is 0 Å². The smallest absolute Gasteiger partial charge is 0.434 e. The minimum atomic E-state index is -3.97. The number of rotatable bonds is 6. The molecule has 0 saturated carbocycles. The maximum atomic E-state index is 13.2. The van der Waals surface area contributed by atoms with Crippen molar-refractivity contribution < 1.29 is 27.4 Å². The third kappa shape index (κ3) is 4.60. The van der Waals surface area contributed by atoms with Crippen LogP contribution in [0.5, 0.6) is 5.75 Å². The Morgan fingerprint density at radius 3 is 2.61 bits per heavy atom. The van der Waals surface area contributed by atoms with Crippen LogP contribution in [-0.2, 0) is 19.5 Å². The zero-order valence-corrected chi connectivity index (χ0v) is 20.2. The van der Waals surface area contributed by atoms with Gasteiger partial charge >= 0.3 is 6.16 Å². The lowest BCUT2D eigenvalue weighted by Gasteiger charge is -2.28. The first-order valence-corrected chi connectivity index (χ1v) is 12.8. The summed E-state index contributed by atoms with van der Waals surface area (Å²) in [4.78, 5) is 32.0. The Labute approximate surface area is 206 Å². The van der Waals surface area contributed by atoms with E-state index in [9.17, 15) is 18.0 Å². The van der Waals surface area contributed by atoms with Crippen LogP contribution in [-0.4, -0.2) is 57.5 Å². The number of pyridine rings is 1. The Morgan fingerprint density at radius 1 is 1.14 bits per heavy atom. The van der Waals surface area contributed by atoms with Crippen LogP contribution in [0.2, 0.25) is 0 Å². The summed E-state index contributed by atoms with van der Waals surface area (Å²) in [6.07, 6.45) is 0.420. The monoisotopic (exact) mass is 512 g/mol. The molecular weight excluding hydrogens is 488 g/mol. The molecule has 36 heavy (non-hydrogen) atoms. The van der Waals surface area contributed by atoms with Crippen molar-refractivity contribution in [2.24, 2.45) is 0 Å². The first kappa shape index (κ1) is 23.7. The fraction of sp³-hybridized carbons (Fsp3) is 0.250. The summed E-state index contributed by atoms with van der Waals surface area (Å²) in [5.41, 5.74) is 1.48. The van der Waals surface area contributed by atoms with Crippen molar-refractivity contribution in [1.82, 2.24) is 9.97 Å². The summed E-state index contributed by atoms with van der Waals surface area (Å²) in [6, 6.07) is 11.4. The Balaban J connectivity index is 1.48. The number of aromatic amines is 2. The molecule has 3 heterocycles. The third-order valence-corrected chi connectivity index (χ3v) is 7.22. The SMILES string of the molecule is CCOC(=O)Oc1c[nH]c2c(=O)[nH]c3ccc(S(=O)(=O)Nc4ccc(N5CCOCC5)cc4)cc3c12. The number of H-pyrrole nitrogens is 2. The van der Waals surface area contributed by atoms with Gasteiger partial charge in [-0.2, -0.15) is 0 Å².